The van der Waals surface area contributed by atoms with Crippen LogP contribution >= 0.6 is 11.3 Å². The number of aromatic nitrogens is 2. The lowest BCUT2D eigenvalue weighted by Gasteiger charge is -2.07. The standard InChI is InChI=1S/C20H23N3OS/c1-5-10-23-19(20(24)21-16-8-6-13(2)7-9-16)12-18(22-23)17-11-14(3)25-15(17)4/h6-9,11-12H,5,10H2,1-4H3,(H,21,24). The fraction of sp³-hybridized carbons (Fsp3) is 0.300. The van der Waals surface area contributed by atoms with Crippen LogP contribution in [0, 0.1) is 20.8 Å². The summed E-state index contributed by atoms with van der Waals surface area (Å²) < 4.78 is 1.81. The number of benzene rings is 1. The fourth-order valence-corrected chi connectivity index (χ4v) is 3.76. The Bertz CT molecular complexity index is 890. The first-order valence-corrected chi connectivity index (χ1v) is 9.33. The third kappa shape index (κ3) is 3.82. The van der Waals surface area contributed by atoms with Gasteiger partial charge in [-0.25, -0.2) is 0 Å². The number of anilines is 1. The Labute approximate surface area is 152 Å². The molecule has 0 bridgehead atoms. The Morgan fingerprint density at radius 1 is 1.16 bits per heavy atom. The molecule has 0 atom stereocenters. The van der Waals surface area contributed by atoms with Gasteiger partial charge < -0.3 is 5.32 Å². The zero-order chi connectivity index (χ0) is 18.0. The molecule has 0 saturated carbocycles. The van der Waals surface area contributed by atoms with E-state index in [1.54, 1.807) is 11.3 Å². The normalized spacial score (nSPS) is 10.9. The van der Waals surface area contributed by atoms with Crippen molar-refractivity contribution in [2.45, 2.75) is 40.7 Å². The van der Waals surface area contributed by atoms with E-state index in [-0.39, 0.29) is 5.91 Å². The number of carbonyl (C=O) groups excluding carboxylic acids is 1. The van der Waals surface area contributed by atoms with E-state index in [0.717, 1.165) is 29.9 Å². The van der Waals surface area contributed by atoms with Gasteiger partial charge in [-0.3, -0.25) is 9.48 Å². The van der Waals surface area contributed by atoms with Crippen molar-refractivity contribution in [2.24, 2.45) is 0 Å². The summed E-state index contributed by atoms with van der Waals surface area (Å²) in [6.45, 7) is 9.02. The molecule has 1 N–H and O–H groups in total. The van der Waals surface area contributed by atoms with Crippen LogP contribution in [0.3, 0.4) is 0 Å². The van der Waals surface area contributed by atoms with Crippen LogP contribution in [0.2, 0.25) is 0 Å². The summed E-state index contributed by atoms with van der Waals surface area (Å²) in [4.78, 5) is 15.2. The number of hydrogen-bond acceptors (Lipinski definition) is 3. The van der Waals surface area contributed by atoms with E-state index in [0.29, 0.717) is 5.69 Å². The minimum atomic E-state index is -0.124. The molecule has 5 heteroatoms. The molecule has 0 spiro atoms. The molecule has 2 aromatic heterocycles. The van der Waals surface area contributed by atoms with E-state index in [1.165, 1.54) is 15.3 Å². The molecule has 3 aromatic rings. The molecule has 1 amide bonds. The summed E-state index contributed by atoms with van der Waals surface area (Å²) in [5.74, 6) is -0.124. The monoisotopic (exact) mass is 353 g/mol. The molecule has 0 fully saturated rings. The lowest BCUT2D eigenvalue weighted by Crippen LogP contribution is -2.17. The van der Waals surface area contributed by atoms with Crippen molar-refractivity contribution in [3.8, 4) is 11.3 Å². The first kappa shape index (κ1) is 17.4. The zero-order valence-corrected chi connectivity index (χ0v) is 15.9. The van der Waals surface area contributed by atoms with Crippen LogP contribution in [0.15, 0.2) is 36.4 Å². The number of aryl methyl sites for hydroxylation is 4. The molecule has 0 radical (unpaired) electrons. The molecule has 4 nitrogen and oxygen atoms in total. The second-order valence-corrected chi connectivity index (χ2v) is 7.75. The number of carbonyl (C=O) groups is 1. The highest BCUT2D eigenvalue weighted by molar-refractivity contribution is 7.12. The molecule has 0 aliphatic heterocycles. The number of nitrogens with one attached hydrogen (secondary N) is 1. The number of amides is 1. The van der Waals surface area contributed by atoms with Crippen LogP contribution < -0.4 is 5.32 Å². The smallest absolute Gasteiger partial charge is 0.273 e. The summed E-state index contributed by atoms with van der Waals surface area (Å²) in [7, 11) is 0. The Morgan fingerprint density at radius 2 is 1.88 bits per heavy atom. The molecular formula is C20H23N3OS. The van der Waals surface area contributed by atoms with Gasteiger partial charge in [-0.1, -0.05) is 24.6 Å². The first-order valence-electron chi connectivity index (χ1n) is 8.51. The van der Waals surface area contributed by atoms with Gasteiger partial charge in [-0.05, 0) is 51.5 Å². The van der Waals surface area contributed by atoms with Crippen molar-refractivity contribution in [2.75, 3.05) is 5.32 Å². The lowest BCUT2D eigenvalue weighted by molar-refractivity contribution is 0.101. The molecule has 0 unspecified atom stereocenters. The molecule has 3 rings (SSSR count). The third-order valence-corrected chi connectivity index (χ3v) is 5.04. The SMILES string of the molecule is CCCn1nc(-c2cc(C)sc2C)cc1C(=O)Nc1ccc(C)cc1. The van der Waals surface area contributed by atoms with Crippen LogP contribution in [-0.2, 0) is 6.54 Å². The van der Waals surface area contributed by atoms with Gasteiger partial charge in [-0.15, -0.1) is 11.3 Å². The van der Waals surface area contributed by atoms with Crippen LogP contribution in [0.1, 0.15) is 39.2 Å². The Balaban J connectivity index is 1.92. The maximum Gasteiger partial charge on any atom is 0.273 e. The summed E-state index contributed by atoms with van der Waals surface area (Å²) in [5.41, 5.74) is 4.54. The van der Waals surface area contributed by atoms with Crippen molar-refractivity contribution in [1.82, 2.24) is 9.78 Å². The van der Waals surface area contributed by atoms with E-state index < -0.39 is 0 Å². The molecule has 25 heavy (non-hydrogen) atoms. The van der Waals surface area contributed by atoms with E-state index in [9.17, 15) is 4.79 Å². The van der Waals surface area contributed by atoms with Crippen molar-refractivity contribution in [1.29, 1.82) is 0 Å². The Hall–Kier alpha value is -2.40. The average molecular weight is 353 g/mol. The topological polar surface area (TPSA) is 46.9 Å². The van der Waals surface area contributed by atoms with Crippen molar-refractivity contribution in [3.63, 3.8) is 0 Å². The predicted molar refractivity (Wildman–Crippen MR) is 104 cm³/mol. The quantitative estimate of drug-likeness (QED) is 0.685. The second kappa shape index (κ2) is 7.23. The van der Waals surface area contributed by atoms with Crippen LogP contribution in [0.25, 0.3) is 11.3 Å². The molecule has 0 aliphatic rings. The maximum absolute atomic E-state index is 12.8. The second-order valence-electron chi connectivity index (χ2n) is 6.29. The van der Waals surface area contributed by atoms with Gasteiger partial charge in [-0.2, -0.15) is 5.10 Å². The minimum Gasteiger partial charge on any atom is -0.321 e. The summed E-state index contributed by atoms with van der Waals surface area (Å²) in [5, 5.41) is 7.66. The van der Waals surface area contributed by atoms with Crippen molar-refractivity contribution >= 4 is 22.9 Å². The third-order valence-electron chi connectivity index (χ3n) is 4.07. The molecule has 2 heterocycles. The molecule has 0 aliphatic carbocycles. The van der Waals surface area contributed by atoms with Crippen LogP contribution in [0.5, 0.6) is 0 Å². The number of nitrogens with zero attached hydrogens (tertiary/aromatic N) is 2. The predicted octanol–water partition coefficient (Wildman–Crippen LogP) is 5.20. The minimum absolute atomic E-state index is 0.124. The lowest BCUT2D eigenvalue weighted by atomic mass is 10.1. The van der Waals surface area contributed by atoms with E-state index in [2.05, 4.69) is 37.3 Å². The summed E-state index contributed by atoms with van der Waals surface area (Å²) in [6, 6.07) is 11.8. The highest BCUT2D eigenvalue weighted by atomic mass is 32.1. The van der Waals surface area contributed by atoms with E-state index in [4.69, 9.17) is 0 Å². The van der Waals surface area contributed by atoms with Crippen molar-refractivity contribution < 1.29 is 4.79 Å². The van der Waals surface area contributed by atoms with Gasteiger partial charge in [0.15, 0.2) is 0 Å². The van der Waals surface area contributed by atoms with Gasteiger partial charge in [0.1, 0.15) is 5.69 Å². The highest BCUT2D eigenvalue weighted by Gasteiger charge is 2.18. The number of rotatable bonds is 5. The van der Waals surface area contributed by atoms with Gasteiger partial charge in [0.25, 0.3) is 5.91 Å². The maximum atomic E-state index is 12.8. The van der Waals surface area contributed by atoms with E-state index in [1.807, 2.05) is 41.9 Å². The molecular weight excluding hydrogens is 330 g/mol. The van der Waals surface area contributed by atoms with Gasteiger partial charge in [0.2, 0.25) is 0 Å². The highest BCUT2D eigenvalue weighted by Crippen LogP contribution is 2.30. The Morgan fingerprint density at radius 3 is 2.48 bits per heavy atom. The van der Waals surface area contributed by atoms with Crippen LogP contribution in [-0.4, -0.2) is 15.7 Å². The molecule has 0 saturated heterocycles. The largest absolute Gasteiger partial charge is 0.321 e. The fourth-order valence-electron chi connectivity index (χ4n) is 2.83. The van der Waals surface area contributed by atoms with Gasteiger partial charge in [0.05, 0.1) is 5.69 Å². The van der Waals surface area contributed by atoms with Crippen molar-refractivity contribution in [3.05, 3.63) is 57.4 Å². The van der Waals surface area contributed by atoms with Crippen LogP contribution in [0.4, 0.5) is 5.69 Å². The number of hydrogen-bond donors (Lipinski definition) is 1. The molecule has 130 valence electrons. The summed E-state index contributed by atoms with van der Waals surface area (Å²) in [6.07, 6.45) is 0.924. The number of thiophene rings is 1. The summed E-state index contributed by atoms with van der Waals surface area (Å²) >= 11 is 1.76. The first-order chi connectivity index (χ1) is 12.0. The average Bonchev–Trinajstić information content (AvgIpc) is 3.13. The van der Waals surface area contributed by atoms with Gasteiger partial charge in [0, 0.05) is 27.5 Å². The zero-order valence-electron chi connectivity index (χ0n) is 15.1. The Kier molecular flexibility index (Phi) is 5.04. The molecule has 1 aromatic carbocycles. The van der Waals surface area contributed by atoms with Gasteiger partial charge >= 0.3 is 0 Å². The van der Waals surface area contributed by atoms with E-state index >= 15 is 0 Å².